The molecule has 5 rings (SSSR count). The number of ether oxygens (including phenoxy) is 3. The van der Waals surface area contributed by atoms with E-state index in [-0.39, 0.29) is 42.1 Å². The van der Waals surface area contributed by atoms with Gasteiger partial charge in [-0.15, -0.1) is 0 Å². The summed E-state index contributed by atoms with van der Waals surface area (Å²) in [4.78, 5) is 30.2. The molecule has 3 N–H and O–H groups in total. The van der Waals surface area contributed by atoms with Crippen LogP contribution >= 0.6 is 7.75 Å². The van der Waals surface area contributed by atoms with Gasteiger partial charge in [0.25, 0.3) is 0 Å². The van der Waals surface area contributed by atoms with Crippen molar-refractivity contribution in [3.63, 3.8) is 0 Å². The molecular weight excluding hydrogens is 625 g/mol. The molecule has 0 spiro atoms. The number of hydrogen-bond acceptors (Lipinski definition) is 12. The number of imidazole rings is 1. The zero-order valence-electron chi connectivity index (χ0n) is 28.5. The standard InChI is InChI=1S/C30H40N7O7P.C2H6/c1-17-13-22(43-27(17)37-19(3)33-24-25(37)34-29(31)35-26(24)40-7)15-42-45(39,36-18(2)28(38)41-16-30(4,5)6)44-21-10-11-23-20(14-21)9-8-12-32-23;1-2/h8-12,14,17-18,22,27H,13,15-16H2,1-7H3,(H,36,39)(H2,31,34,35);1-2H3. The van der Waals surface area contributed by atoms with E-state index >= 15 is 0 Å². The van der Waals surface area contributed by atoms with Gasteiger partial charge in [-0.3, -0.25) is 18.9 Å². The third-order valence-corrected chi connectivity index (χ3v) is 8.83. The van der Waals surface area contributed by atoms with Crippen molar-refractivity contribution in [3.05, 3.63) is 42.4 Å². The van der Waals surface area contributed by atoms with E-state index in [9.17, 15) is 9.36 Å². The van der Waals surface area contributed by atoms with E-state index in [4.69, 9.17) is 29.0 Å². The number of nitrogens with zero attached hydrogens (tertiary/aromatic N) is 5. The van der Waals surface area contributed by atoms with Crippen molar-refractivity contribution >= 4 is 41.7 Å². The molecule has 14 nitrogen and oxygen atoms in total. The summed E-state index contributed by atoms with van der Waals surface area (Å²) in [6, 6.07) is 7.79. The summed E-state index contributed by atoms with van der Waals surface area (Å²) in [5, 5.41) is 3.55. The molecule has 1 aliphatic rings. The fraction of sp³-hybridized carbons (Fsp3) is 0.531. The first kappa shape index (κ1) is 36.0. The van der Waals surface area contributed by atoms with E-state index in [0.29, 0.717) is 23.4 Å². The second-order valence-electron chi connectivity index (χ2n) is 12.4. The molecule has 1 saturated heterocycles. The Bertz CT molecular complexity index is 1740. The van der Waals surface area contributed by atoms with Crippen LogP contribution in [0.2, 0.25) is 0 Å². The molecule has 4 aromatic rings. The number of carbonyl (C=O) groups excluding carboxylic acids is 1. The van der Waals surface area contributed by atoms with Crippen molar-refractivity contribution < 1.29 is 32.6 Å². The molecule has 1 fully saturated rings. The Morgan fingerprint density at radius 1 is 1.21 bits per heavy atom. The molecule has 0 amide bonds. The summed E-state index contributed by atoms with van der Waals surface area (Å²) in [6.07, 6.45) is 1.33. The van der Waals surface area contributed by atoms with Crippen molar-refractivity contribution in [2.45, 2.75) is 80.2 Å². The van der Waals surface area contributed by atoms with Gasteiger partial charge in [-0.25, -0.2) is 9.55 Å². The molecule has 5 unspecified atom stereocenters. The highest BCUT2D eigenvalue weighted by atomic mass is 31.2. The van der Waals surface area contributed by atoms with Crippen molar-refractivity contribution in [3.8, 4) is 11.6 Å². The van der Waals surface area contributed by atoms with Gasteiger partial charge in [-0.1, -0.05) is 47.6 Å². The molecule has 0 aliphatic carbocycles. The number of methoxy groups -OCH3 is 1. The molecule has 0 saturated carbocycles. The maximum Gasteiger partial charge on any atom is 0.459 e. The van der Waals surface area contributed by atoms with Crippen LogP contribution in [0.5, 0.6) is 11.6 Å². The highest BCUT2D eigenvalue weighted by Crippen LogP contribution is 2.47. The van der Waals surface area contributed by atoms with Crippen LogP contribution in [0.25, 0.3) is 22.1 Å². The van der Waals surface area contributed by atoms with Crippen molar-refractivity contribution in [2.75, 3.05) is 26.1 Å². The number of rotatable bonds is 11. The van der Waals surface area contributed by atoms with Crippen LogP contribution in [0.3, 0.4) is 0 Å². The van der Waals surface area contributed by atoms with Gasteiger partial charge in [0.1, 0.15) is 23.8 Å². The lowest BCUT2D eigenvalue weighted by atomic mass is 9.99. The SMILES string of the molecule is CC.COc1nc(N)nc2c1nc(C)n2C1OC(COP(=O)(NC(C)C(=O)OCC(C)(C)C)Oc2ccc3ncccc3c2)CC1C. The fourth-order valence-electron chi connectivity index (χ4n) is 5.08. The van der Waals surface area contributed by atoms with E-state index in [1.165, 1.54) is 7.11 Å². The minimum atomic E-state index is -4.14. The maximum absolute atomic E-state index is 14.2. The predicted molar refractivity (Wildman–Crippen MR) is 179 cm³/mol. The van der Waals surface area contributed by atoms with E-state index in [2.05, 4.69) is 25.0 Å². The normalized spacial score (nSPS) is 19.9. The lowest BCUT2D eigenvalue weighted by Crippen LogP contribution is -2.37. The number of pyridine rings is 1. The van der Waals surface area contributed by atoms with Gasteiger partial charge in [-0.05, 0) is 49.9 Å². The number of carbonyl (C=O) groups is 1. The Labute approximate surface area is 275 Å². The number of esters is 1. The zero-order chi connectivity index (χ0) is 34.5. The number of nitrogens with two attached hydrogens (primary N) is 1. The molecular formula is C32H46N7O7P. The topological polar surface area (TPSA) is 175 Å². The van der Waals surface area contributed by atoms with Gasteiger partial charge in [0, 0.05) is 17.5 Å². The lowest BCUT2D eigenvalue weighted by molar-refractivity contribution is -0.148. The van der Waals surface area contributed by atoms with Crippen LogP contribution in [0.4, 0.5) is 5.95 Å². The molecule has 0 bridgehead atoms. The monoisotopic (exact) mass is 671 g/mol. The average Bonchev–Trinajstić information content (AvgIpc) is 3.56. The number of nitrogen functional groups attached to an aromatic ring is 1. The molecule has 1 aliphatic heterocycles. The quantitative estimate of drug-likeness (QED) is 0.141. The number of aryl methyl sites for hydroxylation is 1. The first-order valence-electron chi connectivity index (χ1n) is 15.7. The minimum Gasteiger partial charge on any atom is -0.479 e. The zero-order valence-corrected chi connectivity index (χ0v) is 29.4. The number of aromatic nitrogens is 5. The van der Waals surface area contributed by atoms with Crippen LogP contribution in [0, 0.1) is 18.3 Å². The lowest BCUT2D eigenvalue weighted by Gasteiger charge is -2.25. The van der Waals surface area contributed by atoms with E-state index in [1.54, 1.807) is 37.4 Å². The fourth-order valence-corrected chi connectivity index (χ4v) is 6.60. The third kappa shape index (κ3) is 8.75. The second-order valence-corrected chi connectivity index (χ2v) is 14.1. The van der Waals surface area contributed by atoms with Gasteiger partial charge in [0.15, 0.2) is 11.2 Å². The number of benzene rings is 1. The molecule has 4 heterocycles. The Morgan fingerprint density at radius 2 is 1.96 bits per heavy atom. The predicted octanol–water partition coefficient (Wildman–Crippen LogP) is 5.99. The van der Waals surface area contributed by atoms with Crippen LogP contribution in [-0.4, -0.2) is 62.9 Å². The van der Waals surface area contributed by atoms with Crippen LogP contribution < -0.4 is 20.1 Å². The number of fused-ring (bicyclic) bond motifs is 2. The van der Waals surface area contributed by atoms with Gasteiger partial charge >= 0.3 is 13.7 Å². The first-order chi connectivity index (χ1) is 22.2. The van der Waals surface area contributed by atoms with E-state index in [0.717, 1.165) is 10.9 Å². The maximum atomic E-state index is 14.2. The van der Waals surface area contributed by atoms with E-state index in [1.807, 2.05) is 59.1 Å². The van der Waals surface area contributed by atoms with Crippen LogP contribution in [-0.2, 0) is 23.4 Å². The Balaban J connectivity index is 0.00000245. The van der Waals surface area contributed by atoms with Crippen LogP contribution in [0.15, 0.2) is 36.5 Å². The molecule has 3 aromatic heterocycles. The third-order valence-electron chi connectivity index (χ3n) is 7.19. The van der Waals surface area contributed by atoms with Crippen molar-refractivity contribution in [2.24, 2.45) is 11.3 Å². The largest absolute Gasteiger partial charge is 0.479 e. The highest BCUT2D eigenvalue weighted by Gasteiger charge is 2.39. The molecule has 5 atom stereocenters. The molecule has 47 heavy (non-hydrogen) atoms. The van der Waals surface area contributed by atoms with Gasteiger partial charge in [0.05, 0.1) is 31.9 Å². The Morgan fingerprint density at radius 3 is 2.66 bits per heavy atom. The molecule has 0 radical (unpaired) electrons. The summed E-state index contributed by atoms with van der Waals surface area (Å²) in [5.74, 6) is 0.676. The first-order valence-corrected chi connectivity index (χ1v) is 17.2. The molecule has 1 aromatic carbocycles. The van der Waals surface area contributed by atoms with Crippen LogP contribution in [0.1, 0.15) is 66.9 Å². The molecule has 256 valence electrons. The molecule has 15 heteroatoms. The summed E-state index contributed by atoms with van der Waals surface area (Å²) in [6.45, 7) is 15.4. The number of anilines is 1. The second kappa shape index (κ2) is 14.9. The smallest absolute Gasteiger partial charge is 0.459 e. The number of hydrogen-bond donors (Lipinski definition) is 2. The number of nitrogens with one attached hydrogen (secondary N) is 1. The summed E-state index contributed by atoms with van der Waals surface area (Å²) >= 11 is 0. The summed E-state index contributed by atoms with van der Waals surface area (Å²) in [5.41, 5.74) is 7.41. The van der Waals surface area contributed by atoms with E-state index < -0.39 is 32.1 Å². The minimum absolute atomic E-state index is 0.00411. The van der Waals surface area contributed by atoms with Crippen molar-refractivity contribution in [1.29, 1.82) is 0 Å². The van der Waals surface area contributed by atoms with Gasteiger partial charge in [0.2, 0.25) is 11.8 Å². The van der Waals surface area contributed by atoms with Gasteiger partial charge in [-0.2, -0.15) is 15.1 Å². The summed E-state index contributed by atoms with van der Waals surface area (Å²) < 4.78 is 45.2. The Hall–Kier alpha value is -3.84. The Kier molecular flexibility index (Phi) is 11.4. The average molecular weight is 672 g/mol. The highest BCUT2D eigenvalue weighted by molar-refractivity contribution is 7.52. The van der Waals surface area contributed by atoms with Crippen molar-refractivity contribution in [1.82, 2.24) is 29.6 Å². The summed E-state index contributed by atoms with van der Waals surface area (Å²) in [7, 11) is -2.64. The van der Waals surface area contributed by atoms with Gasteiger partial charge < -0.3 is 24.5 Å².